The minimum absolute atomic E-state index is 0.299. The molecule has 0 aromatic heterocycles. The Balaban J connectivity index is 3.41. The van der Waals surface area contributed by atoms with Gasteiger partial charge < -0.3 is 8.85 Å². The molecule has 5 heteroatoms. The van der Waals surface area contributed by atoms with Gasteiger partial charge in [-0.3, -0.25) is 0 Å². The number of esters is 1. The van der Waals surface area contributed by atoms with Crippen LogP contribution in [0.25, 0.3) is 0 Å². The van der Waals surface area contributed by atoms with Gasteiger partial charge in [0.05, 0.1) is 6.61 Å². The zero-order chi connectivity index (χ0) is 12.6. The van der Waals surface area contributed by atoms with Crippen molar-refractivity contribution < 1.29 is 13.6 Å². The van der Waals surface area contributed by atoms with Crippen LogP contribution in [0.5, 0.6) is 0 Å². The fraction of sp³-hybridized carbons (Fsp3) is 0.727. The molecule has 0 spiro atoms. The molecule has 0 bridgehead atoms. The molecule has 0 unspecified atom stereocenters. The fourth-order valence-electron chi connectivity index (χ4n) is 0.751. The number of rotatable bonds is 8. The van der Waals surface area contributed by atoms with Crippen molar-refractivity contribution in [3.63, 3.8) is 0 Å². The first kappa shape index (κ1) is 15.6. The van der Waals surface area contributed by atoms with Gasteiger partial charge >= 0.3 is 5.97 Å². The molecule has 0 atom stereocenters. The maximum atomic E-state index is 11.0. The first-order chi connectivity index (χ1) is 7.39. The van der Waals surface area contributed by atoms with Gasteiger partial charge in [-0.25, -0.2) is 4.79 Å². The molecule has 0 heterocycles. The Hall–Kier alpha value is -0.396. The molecule has 0 rings (SSSR count). The van der Waals surface area contributed by atoms with Gasteiger partial charge in [-0.15, -0.1) is 0 Å². The van der Waals surface area contributed by atoms with Gasteiger partial charge in [0.15, 0.2) is 8.32 Å². The predicted molar refractivity (Wildman–Crippen MR) is 70.0 cm³/mol. The molecular formula is C11H22O3Si2. The molecule has 0 fully saturated rings. The van der Waals surface area contributed by atoms with Gasteiger partial charge in [0.25, 0.3) is 0 Å². The maximum absolute atomic E-state index is 11.0. The third kappa shape index (κ3) is 7.84. The zero-order valence-corrected chi connectivity index (χ0v) is 12.8. The van der Waals surface area contributed by atoms with E-state index in [1.807, 2.05) is 0 Å². The maximum Gasteiger partial charge on any atom is 0.333 e. The standard InChI is InChI=1S/C11H22O3Si2/c1-6-16(4,5)14-15-9-7-8-13-11(12)10(2)3/h2,6-9H2,1,3-5H3. The van der Waals surface area contributed by atoms with E-state index in [0.29, 0.717) is 21.9 Å². The molecule has 0 aliphatic carbocycles. The van der Waals surface area contributed by atoms with Gasteiger partial charge in [0.2, 0.25) is 9.76 Å². The summed E-state index contributed by atoms with van der Waals surface area (Å²) in [5.74, 6) is -0.299. The van der Waals surface area contributed by atoms with E-state index in [-0.39, 0.29) is 5.97 Å². The van der Waals surface area contributed by atoms with Gasteiger partial charge in [-0.1, -0.05) is 13.5 Å². The summed E-state index contributed by atoms with van der Waals surface area (Å²) in [6.07, 6.45) is 0.867. The third-order valence-corrected chi connectivity index (χ3v) is 7.25. The minimum Gasteiger partial charge on any atom is -0.462 e. The number of hydrogen-bond acceptors (Lipinski definition) is 3. The van der Waals surface area contributed by atoms with E-state index in [2.05, 4.69) is 26.6 Å². The van der Waals surface area contributed by atoms with Gasteiger partial charge in [-0.2, -0.15) is 0 Å². The van der Waals surface area contributed by atoms with Crippen LogP contribution in [0.4, 0.5) is 0 Å². The van der Waals surface area contributed by atoms with Crippen molar-refractivity contribution in [1.29, 1.82) is 0 Å². The first-order valence-electron chi connectivity index (χ1n) is 5.62. The average molecular weight is 258 g/mol. The molecule has 0 aliphatic rings. The second-order valence-electron chi connectivity index (χ2n) is 4.38. The van der Waals surface area contributed by atoms with Gasteiger partial charge in [-0.05, 0) is 38.5 Å². The Morgan fingerprint density at radius 3 is 2.56 bits per heavy atom. The molecule has 2 radical (unpaired) electrons. The molecule has 0 saturated heterocycles. The summed E-state index contributed by atoms with van der Waals surface area (Å²) in [6, 6.07) is 2.12. The highest BCUT2D eigenvalue weighted by Crippen LogP contribution is 2.09. The van der Waals surface area contributed by atoms with Crippen LogP contribution in [0.1, 0.15) is 20.3 Å². The van der Waals surface area contributed by atoms with E-state index in [4.69, 9.17) is 8.85 Å². The third-order valence-electron chi connectivity index (χ3n) is 2.20. The van der Waals surface area contributed by atoms with Crippen LogP contribution in [0.2, 0.25) is 25.2 Å². The Bertz CT molecular complexity index is 239. The Morgan fingerprint density at radius 2 is 2.06 bits per heavy atom. The van der Waals surface area contributed by atoms with Crippen LogP contribution in [0.15, 0.2) is 12.2 Å². The van der Waals surface area contributed by atoms with E-state index >= 15 is 0 Å². The normalized spacial score (nSPS) is 11.2. The van der Waals surface area contributed by atoms with E-state index < -0.39 is 8.32 Å². The van der Waals surface area contributed by atoms with Gasteiger partial charge in [0.1, 0.15) is 0 Å². The largest absolute Gasteiger partial charge is 0.462 e. The number of hydrogen-bond donors (Lipinski definition) is 0. The molecular weight excluding hydrogens is 236 g/mol. The van der Waals surface area contributed by atoms with Crippen molar-refractivity contribution >= 4 is 24.0 Å². The molecule has 0 amide bonds. The van der Waals surface area contributed by atoms with Crippen molar-refractivity contribution in [3.05, 3.63) is 12.2 Å². The summed E-state index contributed by atoms with van der Waals surface area (Å²) in [5, 5.41) is 0. The Labute approximate surface area is 102 Å². The quantitative estimate of drug-likeness (QED) is 0.291. The second-order valence-corrected chi connectivity index (χ2v) is 10.2. The molecule has 0 aromatic rings. The predicted octanol–water partition coefficient (Wildman–Crippen LogP) is 2.77. The van der Waals surface area contributed by atoms with Crippen molar-refractivity contribution in [3.8, 4) is 0 Å². The highest BCUT2D eigenvalue weighted by molar-refractivity contribution is 6.75. The van der Waals surface area contributed by atoms with Crippen LogP contribution in [-0.2, 0) is 13.6 Å². The summed E-state index contributed by atoms with van der Waals surface area (Å²) < 4.78 is 10.8. The second kappa shape index (κ2) is 7.81. The zero-order valence-electron chi connectivity index (χ0n) is 10.8. The van der Waals surface area contributed by atoms with Gasteiger partial charge in [0, 0.05) is 5.57 Å². The van der Waals surface area contributed by atoms with E-state index in [1.54, 1.807) is 6.92 Å². The lowest BCUT2D eigenvalue weighted by molar-refractivity contribution is -0.138. The monoisotopic (exact) mass is 258 g/mol. The smallest absolute Gasteiger partial charge is 0.333 e. The molecule has 0 saturated carbocycles. The molecule has 16 heavy (non-hydrogen) atoms. The number of ether oxygens (including phenoxy) is 1. The van der Waals surface area contributed by atoms with Crippen LogP contribution >= 0.6 is 0 Å². The molecule has 0 aromatic carbocycles. The fourth-order valence-corrected chi connectivity index (χ4v) is 3.59. The molecule has 0 N–H and O–H groups in total. The van der Waals surface area contributed by atoms with Crippen LogP contribution in [-0.4, -0.2) is 30.7 Å². The van der Waals surface area contributed by atoms with E-state index in [0.717, 1.165) is 18.5 Å². The highest BCUT2D eigenvalue weighted by atomic mass is 28.4. The van der Waals surface area contributed by atoms with Crippen molar-refractivity contribution in [2.24, 2.45) is 0 Å². The van der Waals surface area contributed by atoms with E-state index in [1.165, 1.54) is 0 Å². The molecule has 92 valence electrons. The SMILES string of the molecule is C=C(C)C(=O)OCCC[Si]O[Si](C)(C)CC. The molecule has 0 aliphatic heterocycles. The van der Waals surface area contributed by atoms with Crippen LogP contribution < -0.4 is 0 Å². The molecule has 3 nitrogen and oxygen atoms in total. The van der Waals surface area contributed by atoms with Crippen molar-refractivity contribution in [1.82, 2.24) is 0 Å². The van der Waals surface area contributed by atoms with Crippen LogP contribution in [0, 0.1) is 0 Å². The average Bonchev–Trinajstić information content (AvgIpc) is 2.22. The van der Waals surface area contributed by atoms with E-state index in [9.17, 15) is 4.79 Å². The Kier molecular flexibility index (Phi) is 7.62. The summed E-state index contributed by atoms with van der Waals surface area (Å²) in [5.41, 5.74) is 0.457. The summed E-state index contributed by atoms with van der Waals surface area (Å²) in [7, 11) is -0.850. The topological polar surface area (TPSA) is 35.5 Å². The first-order valence-corrected chi connectivity index (χ1v) is 9.85. The summed E-state index contributed by atoms with van der Waals surface area (Å²) in [4.78, 5) is 11.0. The highest BCUT2D eigenvalue weighted by Gasteiger charge is 2.18. The number of carbonyl (C=O) groups excluding carboxylic acids is 1. The minimum atomic E-state index is -1.39. The van der Waals surface area contributed by atoms with Crippen molar-refractivity contribution in [2.75, 3.05) is 6.61 Å². The lowest BCUT2D eigenvalue weighted by Gasteiger charge is -2.20. The lowest BCUT2D eigenvalue weighted by Crippen LogP contribution is -2.30. The summed E-state index contributed by atoms with van der Waals surface area (Å²) >= 11 is 0. The Morgan fingerprint density at radius 1 is 1.44 bits per heavy atom. The lowest BCUT2D eigenvalue weighted by atomic mass is 10.4. The summed E-state index contributed by atoms with van der Waals surface area (Å²) in [6.45, 7) is 12.3. The van der Waals surface area contributed by atoms with Crippen molar-refractivity contribution in [2.45, 2.75) is 45.5 Å². The number of carbonyl (C=O) groups is 1. The van der Waals surface area contributed by atoms with Crippen LogP contribution in [0.3, 0.4) is 0 Å².